The second-order valence-electron chi connectivity index (χ2n) is 13.0. The van der Waals surface area contributed by atoms with E-state index in [1.54, 1.807) is 40.0 Å². The molecular formula is C30H38ClF3N4O6S. The number of hydrogen-bond acceptors (Lipinski definition) is 8. The van der Waals surface area contributed by atoms with Crippen LogP contribution in [0.25, 0.3) is 10.9 Å². The van der Waals surface area contributed by atoms with E-state index in [1.807, 2.05) is 20.8 Å². The number of aliphatic hydroxyl groups is 1. The number of nitrogens with one attached hydrogen (secondary N) is 3. The summed E-state index contributed by atoms with van der Waals surface area (Å²) in [5.74, 6) is -0.577. The number of amides is 1. The van der Waals surface area contributed by atoms with Crippen molar-refractivity contribution in [1.82, 2.24) is 20.0 Å². The van der Waals surface area contributed by atoms with Gasteiger partial charge in [-0.05, 0) is 72.7 Å². The summed E-state index contributed by atoms with van der Waals surface area (Å²) in [4.78, 5) is 20.0. The Morgan fingerprint density at radius 2 is 1.89 bits per heavy atom. The highest BCUT2D eigenvalue weighted by atomic mass is 35.5. The summed E-state index contributed by atoms with van der Waals surface area (Å²) in [6.07, 6.45) is -3.64. The number of H-pyrrole nitrogens is 1. The average molecular weight is 675 g/mol. The normalized spacial score (nSPS) is 19.1. The van der Waals surface area contributed by atoms with Crippen molar-refractivity contribution in [2.75, 3.05) is 26.4 Å². The first-order valence-electron chi connectivity index (χ1n) is 14.1. The lowest BCUT2D eigenvalue weighted by Crippen LogP contribution is -2.52. The van der Waals surface area contributed by atoms with Crippen LogP contribution in [-0.2, 0) is 27.2 Å². The number of aromatic amines is 1. The quantitative estimate of drug-likeness (QED) is 0.130. The first kappa shape index (κ1) is 35.1. The molecule has 2 aromatic heterocycles. The lowest BCUT2D eigenvalue weighted by Gasteiger charge is -2.33. The van der Waals surface area contributed by atoms with Crippen molar-refractivity contribution in [2.45, 2.75) is 76.1 Å². The lowest BCUT2D eigenvalue weighted by molar-refractivity contribution is -0.265. The van der Waals surface area contributed by atoms with E-state index in [0.29, 0.717) is 16.7 Å². The Morgan fingerprint density at radius 1 is 1.20 bits per heavy atom. The molecule has 3 heterocycles. The van der Waals surface area contributed by atoms with Gasteiger partial charge < -0.3 is 34.2 Å². The molecule has 4 rings (SSSR count). The van der Waals surface area contributed by atoms with Gasteiger partial charge in [0.1, 0.15) is 29.2 Å². The van der Waals surface area contributed by atoms with E-state index < -0.39 is 56.7 Å². The second-order valence-corrected chi connectivity index (χ2v) is 15.4. The van der Waals surface area contributed by atoms with E-state index in [1.165, 1.54) is 12.1 Å². The summed E-state index contributed by atoms with van der Waals surface area (Å²) in [5, 5.41) is 13.5. The van der Waals surface area contributed by atoms with E-state index in [2.05, 4.69) is 20.0 Å². The van der Waals surface area contributed by atoms with Crippen LogP contribution in [-0.4, -0.2) is 68.4 Å². The van der Waals surface area contributed by atoms with Crippen LogP contribution in [0.5, 0.6) is 11.5 Å². The van der Waals surface area contributed by atoms with Crippen molar-refractivity contribution in [3.8, 4) is 11.5 Å². The van der Waals surface area contributed by atoms with E-state index in [-0.39, 0.29) is 42.3 Å². The molecule has 1 aliphatic rings. The molecule has 1 amide bonds. The van der Waals surface area contributed by atoms with Gasteiger partial charge in [-0.15, -0.1) is 4.72 Å². The molecule has 15 heteroatoms. The minimum Gasteiger partial charge on any atom is -0.598 e. The smallest absolute Gasteiger partial charge is 0.424 e. The highest BCUT2D eigenvalue weighted by Crippen LogP contribution is 2.46. The Hall–Kier alpha value is -2.75. The molecule has 0 saturated heterocycles. The summed E-state index contributed by atoms with van der Waals surface area (Å²) in [5.41, 5.74) is -5.36. The van der Waals surface area contributed by atoms with Gasteiger partial charge in [-0.3, -0.25) is 4.79 Å². The summed E-state index contributed by atoms with van der Waals surface area (Å²) in [7, 11) is 0. The monoisotopic (exact) mass is 674 g/mol. The van der Waals surface area contributed by atoms with Gasteiger partial charge in [0.05, 0.1) is 30.0 Å². The molecule has 45 heavy (non-hydrogen) atoms. The lowest BCUT2D eigenvalue weighted by atomic mass is 9.91. The maximum atomic E-state index is 14.6. The Kier molecular flexibility index (Phi) is 9.72. The highest BCUT2D eigenvalue weighted by molar-refractivity contribution is 7.90. The van der Waals surface area contributed by atoms with Crippen LogP contribution in [0.1, 0.15) is 70.1 Å². The number of carbonyl (C=O) groups is 1. The number of nitrogens with zero attached hydrogens (tertiary/aromatic N) is 1. The minimum atomic E-state index is -5.28. The van der Waals surface area contributed by atoms with Gasteiger partial charge in [0.25, 0.3) is 5.91 Å². The van der Waals surface area contributed by atoms with Crippen LogP contribution in [0.4, 0.5) is 13.2 Å². The molecule has 3 aromatic rings. The van der Waals surface area contributed by atoms with Gasteiger partial charge in [-0.2, -0.15) is 13.2 Å². The zero-order valence-corrected chi connectivity index (χ0v) is 27.6. The Bertz CT molecular complexity index is 1560. The van der Waals surface area contributed by atoms with Gasteiger partial charge in [0.2, 0.25) is 5.60 Å². The Balaban J connectivity index is 1.60. The molecule has 1 unspecified atom stereocenters. The molecular weight excluding hydrogens is 637 g/mol. The largest absolute Gasteiger partial charge is 0.598 e. The fraction of sp³-hybridized carbons (Fsp3) is 0.533. The van der Waals surface area contributed by atoms with Crippen molar-refractivity contribution >= 4 is 39.8 Å². The molecule has 3 atom stereocenters. The third kappa shape index (κ3) is 7.63. The van der Waals surface area contributed by atoms with Crippen LogP contribution < -0.4 is 19.5 Å². The summed E-state index contributed by atoms with van der Waals surface area (Å²) >= 11 is 4.62. The first-order chi connectivity index (χ1) is 20.6. The minimum absolute atomic E-state index is 0.00754. The second kappa shape index (κ2) is 12.5. The number of aromatic nitrogens is 2. The van der Waals surface area contributed by atoms with Crippen LogP contribution in [0.2, 0.25) is 5.15 Å². The third-order valence-electron chi connectivity index (χ3n) is 7.06. The van der Waals surface area contributed by atoms with Gasteiger partial charge >= 0.3 is 6.18 Å². The highest BCUT2D eigenvalue weighted by Gasteiger charge is 2.57. The SMILES string of the molecule is CC(C)(C)OCCOc1cc(C(=O)NC[C@@](O)(c2cc3c(c(Cl)n2)OC[C@@]3(C)N[S+]([O-])C(C)(C)C)C(F)(F)F)cc2cc[nH]c12. The first-order valence-corrected chi connectivity index (χ1v) is 15.7. The fourth-order valence-electron chi connectivity index (χ4n) is 4.53. The van der Waals surface area contributed by atoms with E-state index in [0.717, 1.165) is 6.07 Å². The molecule has 1 aliphatic heterocycles. The zero-order chi connectivity index (χ0) is 33.6. The molecule has 0 spiro atoms. The van der Waals surface area contributed by atoms with Crippen LogP contribution in [0.3, 0.4) is 0 Å². The number of ether oxygens (including phenoxy) is 3. The summed E-state index contributed by atoms with van der Waals surface area (Å²) < 4.78 is 75.9. The molecule has 0 fully saturated rings. The number of alkyl halides is 3. The number of halogens is 4. The fourth-order valence-corrected chi connectivity index (χ4v) is 5.66. The Labute approximate surface area is 267 Å². The maximum absolute atomic E-state index is 14.6. The van der Waals surface area contributed by atoms with Gasteiger partial charge in [0, 0.05) is 34.1 Å². The summed E-state index contributed by atoms with van der Waals surface area (Å²) in [6.45, 7) is 11.5. The van der Waals surface area contributed by atoms with Crippen LogP contribution >= 0.6 is 11.6 Å². The average Bonchev–Trinajstić information content (AvgIpc) is 3.52. The number of fused-ring (bicyclic) bond motifs is 2. The molecule has 4 N–H and O–H groups in total. The van der Waals surface area contributed by atoms with Crippen molar-refractivity contribution in [1.29, 1.82) is 0 Å². The number of pyridine rings is 1. The molecule has 0 bridgehead atoms. The predicted octanol–water partition coefficient (Wildman–Crippen LogP) is 5.25. The van der Waals surface area contributed by atoms with Crippen molar-refractivity contribution in [3.63, 3.8) is 0 Å². The van der Waals surface area contributed by atoms with E-state index >= 15 is 0 Å². The number of carbonyl (C=O) groups excluding carboxylic acids is 1. The summed E-state index contributed by atoms with van der Waals surface area (Å²) in [6, 6.07) is 5.58. The standard InChI is InChI=1S/C30H38ClF3N4O6S/c1-26(2,3)44-11-10-42-20-13-18(12-17-8-9-35-22(17)20)25(39)36-15-29(40,30(32,33)34)21-14-19-23(24(31)37-21)43-16-28(19,7)38-45(41)27(4,5)6/h8-9,12-14,35,38,40H,10-11,15-16H2,1-7H3,(H,36,39)/t28-,29-,45?/m1/s1. The van der Waals surface area contributed by atoms with Crippen LogP contribution in [0.15, 0.2) is 30.5 Å². The molecule has 0 aliphatic carbocycles. The molecule has 1 aromatic carbocycles. The molecule has 10 nitrogen and oxygen atoms in total. The van der Waals surface area contributed by atoms with E-state index in [9.17, 15) is 27.6 Å². The van der Waals surface area contributed by atoms with Gasteiger partial charge in [0.15, 0.2) is 10.9 Å². The van der Waals surface area contributed by atoms with E-state index in [4.69, 9.17) is 25.8 Å². The van der Waals surface area contributed by atoms with Crippen molar-refractivity contribution in [2.24, 2.45) is 0 Å². The topological polar surface area (TPSA) is 141 Å². The maximum Gasteiger partial charge on any atom is 0.424 e. The number of benzene rings is 1. The van der Waals surface area contributed by atoms with Gasteiger partial charge in [-0.1, -0.05) is 11.6 Å². The van der Waals surface area contributed by atoms with Crippen molar-refractivity contribution in [3.05, 3.63) is 52.4 Å². The molecule has 248 valence electrons. The Morgan fingerprint density at radius 3 is 2.51 bits per heavy atom. The molecule has 0 saturated carbocycles. The molecule has 0 radical (unpaired) electrons. The number of rotatable bonds is 10. The van der Waals surface area contributed by atoms with Crippen molar-refractivity contribution < 1.29 is 41.8 Å². The number of hydrogen-bond donors (Lipinski definition) is 4. The predicted molar refractivity (Wildman–Crippen MR) is 165 cm³/mol. The van der Waals surface area contributed by atoms with Crippen LogP contribution in [0, 0.1) is 0 Å². The third-order valence-corrected chi connectivity index (χ3v) is 9.07. The van der Waals surface area contributed by atoms with Gasteiger partial charge in [-0.25, -0.2) is 4.98 Å². The zero-order valence-electron chi connectivity index (χ0n) is 26.1.